The van der Waals surface area contributed by atoms with Crippen LogP contribution in [0, 0.1) is 5.92 Å². The monoisotopic (exact) mass is 306 g/mol. The quantitative estimate of drug-likeness (QED) is 0.866. The first-order valence-corrected chi connectivity index (χ1v) is 8.17. The number of anilines is 1. The predicted octanol–water partition coefficient (Wildman–Crippen LogP) is 2.67. The van der Waals surface area contributed by atoms with Gasteiger partial charge in [-0.05, 0) is 33.6 Å². The molecule has 2 atom stereocenters. The third-order valence-corrected chi connectivity index (χ3v) is 4.35. The lowest BCUT2D eigenvalue weighted by Crippen LogP contribution is -2.49. The van der Waals surface area contributed by atoms with Crippen molar-refractivity contribution in [2.45, 2.75) is 52.2 Å². The van der Waals surface area contributed by atoms with Crippen LogP contribution in [0.5, 0.6) is 0 Å². The second kappa shape index (κ2) is 5.48. The van der Waals surface area contributed by atoms with E-state index in [1.165, 1.54) is 0 Å². The van der Waals surface area contributed by atoms with Gasteiger partial charge >= 0.3 is 6.09 Å². The molecule has 1 aromatic rings. The lowest BCUT2D eigenvalue weighted by atomic mass is 9.91. The second-order valence-electron chi connectivity index (χ2n) is 7.24. The fourth-order valence-corrected chi connectivity index (χ4v) is 3.27. The predicted molar refractivity (Wildman–Crippen MR) is 85.0 cm³/mol. The van der Waals surface area contributed by atoms with Gasteiger partial charge in [0.15, 0.2) is 0 Å². The maximum Gasteiger partial charge on any atom is 0.410 e. The molecule has 6 nitrogen and oxygen atoms in total. The van der Waals surface area contributed by atoms with Crippen molar-refractivity contribution in [2.75, 3.05) is 25.0 Å². The van der Waals surface area contributed by atoms with Crippen LogP contribution in [-0.2, 0) is 11.2 Å². The molecule has 0 radical (unpaired) electrons. The molecule has 0 aromatic carbocycles. The van der Waals surface area contributed by atoms with Gasteiger partial charge in [0.05, 0.1) is 11.7 Å². The number of hydrogen-bond donors (Lipinski definition) is 1. The number of likely N-dealkylation sites (tertiary alicyclic amines) is 1. The number of carbonyl (C=O) groups excluding carboxylic acids is 1. The summed E-state index contributed by atoms with van der Waals surface area (Å²) in [5.41, 5.74) is 0.682. The van der Waals surface area contributed by atoms with Crippen LogP contribution in [0.2, 0.25) is 0 Å². The molecule has 22 heavy (non-hydrogen) atoms. The number of nitrogens with zero attached hydrogens (tertiary/aromatic N) is 3. The maximum absolute atomic E-state index is 12.2. The highest BCUT2D eigenvalue weighted by Crippen LogP contribution is 2.35. The van der Waals surface area contributed by atoms with Gasteiger partial charge in [-0.15, -0.1) is 0 Å². The molecule has 122 valence electrons. The molecule has 2 aliphatic rings. The van der Waals surface area contributed by atoms with Crippen molar-refractivity contribution in [3.05, 3.63) is 11.8 Å². The molecule has 1 saturated heterocycles. The van der Waals surface area contributed by atoms with E-state index >= 15 is 0 Å². The molecule has 1 fully saturated rings. The minimum atomic E-state index is -0.441. The number of fused-ring (bicyclic) bond motifs is 3. The lowest BCUT2D eigenvalue weighted by molar-refractivity contribution is 0.0107. The summed E-state index contributed by atoms with van der Waals surface area (Å²) in [6.45, 7) is 10.2. The summed E-state index contributed by atoms with van der Waals surface area (Å²) in [5, 5.41) is 8.15. The summed E-state index contributed by atoms with van der Waals surface area (Å²) in [5.74, 6) is 1.50. The Hall–Kier alpha value is -1.72. The van der Waals surface area contributed by atoms with E-state index < -0.39 is 5.60 Å². The molecule has 0 spiro atoms. The summed E-state index contributed by atoms with van der Waals surface area (Å²) < 4.78 is 7.62. The molecule has 3 heterocycles. The molecule has 3 rings (SSSR count). The summed E-state index contributed by atoms with van der Waals surface area (Å²) in [6, 6.07) is 2.52. The Morgan fingerprint density at radius 1 is 1.50 bits per heavy atom. The van der Waals surface area contributed by atoms with E-state index in [-0.39, 0.29) is 6.09 Å². The standard InChI is InChI=1S/C16H26N4O2/c1-5-12-8-14-17-9-11-10-19(15(21)22-16(2,3)4)7-6-13(11)20(14)18-12/h8,11,13,17H,5-7,9-10H2,1-4H3. The zero-order valence-corrected chi connectivity index (χ0v) is 13.9. The Kier molecular flexibility index (Phi) is 3.78. The molecule has 1 N–H and O–H groups in total. The maximum atomic E-state index is 12.2. The van der Waals surface area contributed by atoms with Gasteiger partial charge in [-0.3, -0.25) is 0 Å². The number of aryl methyl sites for hydroxylation is 1. The number of carbonyl (C=O) groups is 1. The van der Waals surface area contributed by atoms with Gasteiger partial charge in [-0.2, -0.15) is 5.10 Å². The molecule has 0 aliphatic carbocycles. The van der Waals surface area contributed by atoms with Crippen molar-refractivity contribution >= 4 is 11.9 Å². The minimum Gasteiger partial charge on any atom is -0.444 e. The van der Waals surface area contributed by atoms with Gasteiger partial charge in [-0.25, -0.2) is 9.48 Å². The number of rotatable bonds is 1. The summed E-state index contributed by atoms with van der Waals surface area (Å²) >= 11 is 0. The summed E-state index contributed by atoms with van der Waals surface area (Å²) in [6.07, 6.45) is 1.68. The summed E-state index contributed by atoms with van der Waals surface area (Å²) in [4.78, 5) is 14.1. The van der Waals surface area contributed by atoms with Crippen LogP contribution in [0.1, 0.15) is 45.9 Å². The van der Waals surface area contributed by atoms with E-state index in [9.17, 15) is 4.79 Å². The van der Waals surface area contributed by atoms with Crippen LogP contribution in [0.3, 0.4) is 0 Å². The molecular weight excluding hydrogens is 280 g/mol. The highest BCUT2D eigenvalue weighted by atomic mass is 16.6. The number of piperidine rings is 1. The van der Waals surface area contributed by atoms with Crippen molar-refractivity contribution in [3.63, 3.8) is 0 Å². The number of amides is 1. The van der Waals surface area contributed by atoms with Gasteiger partial charge in [0.1, 0.15) is 11.4 Å². The molecule has 0 bridgehead atoms. The molecular formula is C16H26N4O2. The molecule has 1 amide bonds. The minimum absolute atomic E-state index is 0.202. The first kappa shape index (κ1) is 15.2. The molecule has 0 saturated carbocycles. The first-order valence-electron chi connectivity index (χ1n) is 8.17. The van der Waals surface area contributed by atoms with E-state index in [2.05, 4.69) is 23.0 Å². The van der Waals surface area contributed by atoms with Crippen molar-refractivity contribution in [1.29, 1.82) is 0 Å². The summed E-state index contributed by atoms with van der Waals surface area (Å²) in [7, 11) is 0. The lowest BCUT2D eigenvalue weighted by Gasteiger charge is -2.42. The van der Waals surface area contributed by atoms with Gasteiger partial charge in [0.25, 0.3) is 0 Å². The van der Waals surface area contributed by atoms with Gasteiger partial charge in [0, 0.05) is 31.6 Å². The van der Waals surface area contributed by atoms with Crippen molar-refractivity contribution < 1.29 is 9.53 Å². The van der Waals surface area contributed by atoms with Crippen molar-refractivity contribution in [3.8, 4) is 0 Å². The van der Waals surface area contributed by atoms with Crippen LogP contribution in [-0.4, -0.2) is 46.0 Å². The number of aromatic nitrogens is 2. The Bertz CT molecular complexity index is 561. The third kappa shape index (κ3) is 2.91. The zero-order chi connectivity index (χ0) is 15.9. The normalized spacial score (nSPS) is 24.3. The highest BCUT2D eigenvalue weighted by molar-refractivity contribution is 5.68. The van der Waals surface area contributed by atoms with Crippen LogP contribution in [0.4, 0.5) is 10.6 Å². The van der Waals surface area contributed by atoms with Gasteiger partial charge < -0.3 is 15.0 Å². The number of nitrogens with one attached hydrogen (secondary N) is 1. The van der Waals surface area contributed by atoms with Crippen molar-refractivity contribution in [2.24, 2.45) is 5.92 Å². The fraction of sp³-hybridized carbons (Fsp3) is 0.750. The molecule has 2 aliphatic heterocycles. The van der Waals surface area contributed by atoms with E-state index in [0.29, 0.717) is 12.0 Å². The van der Waals surface area contributed by atoms with Crippen LogP contribution >= 0.6 is 0 Å². The smallest absolute Gasteiger partial charge is 0.410 e. The van der Waals surface area contributed by atoms with Crippen LogP contribution in [0.15, 0.2) is 6.07 Å². The molecule has 1 aromatic heterocycles. The highest BCUT2D eigenvalue weighted by Gasteiger charge is 2.37. The van der Waals surface area contributed by atoms with E-state index in [1.54, 1.807) is 0 Å². The Balaban J connectivity index is 1.70. The van der Waals surface area contributed by atoms with E-state index in [0.717, 1.165) is 44.0 Å². The zero-order valence-electron chi connectivity index (χ0n) is 13.9. The Morgan fingerprint density at radius 3 is 2.95 bits per heavy atom. The second-order valence-corrected chi connectivity index (χ2v) is 7.24. The Morgan fingerprint density at radius 2 is 2.27 bits per heavy atom. The van der Waals surface area contributed by atoms with Crippen molar-refractivity contribution in [1.82, 2.24) is 14.7 Å². The SMILES string of the molecule is CCc1cc2n(n1)C1CCN(C(=O)OC(C)(C)C)CC1CN2. The largest absolute Gasteiger partial charge is 0.444 e. The fourth-order valence-electron chi connectivity index (χ4n) is 3.27. The number of hydrogen-bond acceptors (Lipinski definition) is 4. The van der Waals surface area contributed by atoms with Crippen LogP contribution in [0.25, 0.3) is 0 Å². The average molecular weight is 306 g/mol. The van der Waals surface area contributed by atoms with Gasteiger partial charge in [-0.1, -0.05) is 6.92 Å². The first-order chi connectivity index (χ1) is 10.4. The third-order valence-electron chi connectivity index (χ3n) is 4.35. The van der Waals surface area contributed by atoms with E-state index in [4.69, 9.17) is 9.84 Å². The van der Waals surface area contributed by atoms with Gasteiger partial charge in [0.2, 0.25) is 0 Å². The number of ether oxygens (including phenoxy) is 1. The Labute approximate surface area is 131 Å². The van der Waals surface area contributed by atoms with Crippen LogP contribution < -0.4 is 5.32 Å². The van der Waals surface area contributed by atoms with E-state index in [1.807, 2.05) is 25.7 Å². The molecule has 2 unspecified atom stereocenters. The molecule has 6 heteroatoms. The topological polar surface area (TPSA) is 59.4 Å². The average Bonchev–Trinajstić information content (AvgIpc) is 2.88.